The minimum absolute atomic E-state index is 0.0272. The third kappa shape index (κ3) is 3.37. The maximum Gasteiger partial charge on any atom is 0.276 e. The van der Waals surface area contributed by atoms with Crippen LogP contribution in [0.4, 0.5) is 0 Å². The Morgan fingerprint density at radius 1 is 1.30 bits per heavy atom. The molecule has 0 amide bonds. The van der Waals surface area contributed by atoms with Gasteiger partial charge in [0, 0.05) is 42.0 Å². The molecule has 1 fully saturated rings. The quantitative estimate of drug-likeness (QED) is 0.754. The molecule has 1 N–H and O–H groups in total. The van der Waals surface area contributed by atoms with Crippen molar-refractivity contribution in [2.45, 2.75) is 39.2 Å². The van der Waals surface area contributed by atoms with Crippen LogP contribution in [0.2, 0.25) is 0 Å². The molecule has 0 radical (unpaired) electrons. The SMILES string of the molecule is CCc1c(C)nc2cc([C@@H]3CCN(Cc4ccc(OC)cc4)C3)[nH]n2c1=O. The molecule has 3 aromatic rings. The van der Waals surface area contributed by atoms with Gasteiger partial charge in [-0.15, -0.1) is 0 Å². The molecule has 4 rings (SSSR count). The molecule has 2 aromatic heterocycles. The van der Waals surface area contributed by atoms with Crippen LogP contribution < -0.4 is 10.3 Å². The zero-order valence-electron chi connectivity index (χ0n) is 16.2. The first kappa shape index (κ1) is 17.8. The molecule has 27 heavy (non-hydrogen) atoms. The highest BCUT2D eigenvalue weighted by Gasteiger charge is 2.26. The maximum absolute atomic E-state index is 12.6. The van der Waals surface area contributed by atoms with E-state index in [2.05, 4.69) is 27.1 Å². The van der Waals surface area contributed by atoms with E-state index in [1.165, 1.54) is 5.56 Å². The summed E-state index contributed by atoms with van der Waals surface area (Å²) in [4.78, 5) is 19.7. The van der Waals surface area contributed by atoms with Crippen molar-refractivity contribution in [2.24, 2.45) is 0 Å². The molecule has 6 nitrogen and oxygen atoms in total. The number of ether oxygens (including phenoxy) is 1. The Morgan fingerprint density at radius 2 is 2.07 bits per heavy atom. The highest BCUT2D eigenvalue weighted by Crippen LogP contribution is 2.28. The number of aryl methyl sites for hydroxylation is 1. The van der Waals surface area contributed by atoms with E-state index in [0.717, 1.165) is 54.4 Å². The lowest BCUT2D eigenvalue weighted by atomic mass is 10.1. The van der Waals surface area contributed by atoms with Crippen LogP contribution in [0.5, 0.6) is 5.75 Å². The molecule has 0 spiro atoms. The molecule has 3 heterocycles. The maximum atomic E-state index is 12.6. The van der Waals surface area contributed by atoms with E-state index in [-0.39, 0.29) is 5.56 Å². The second-order valence-corrected chi connectivity index (χ2v) is 7.31. The number of H-pyrrole nitrogens is 1. The number of rotatable bonds is 5. The Morgan fingerprint density at radius 3 is 2.78 bits per heavy atom. The van der Waals surface area contributed by atoms with Crippen molar-refractivity contribution in [1.82, 2.24) is 19.5 Å². The third-order valence-electron chi connectivity index (χ3n) is 5.57. The highest BCUT2D eigenvalue weighted by atomic mass is 16.5. The third-order valence-corrected chi connectivity index (χ3v) is 5.57. The van der Waals surface area contributed by atoms with Crippen molar-refractivity contribution >= 4 is 5.65 Å². The van der Waals surface area contributed by atoms with Crippen LogP contribution in [-0.4, -0.2) is 39.7 Å². The lowest BCUT2D eigenvalue weighted by molar-refractivity contribution is 0.326. The van der Waals surface area contributed by atoms with E-state index >= 15 is 0 Å². The summed E-state index contributed by atoms with van der Waals surface area (Å²) in [6.07, 6.45) is 1.78. The van der Waals surface area contributed by atoms with Gasteiger partial charge >= 0.3 is 0 Å². The van der Waals surface area contributed by atoms with Gasteiger partial charge in [0.25, 0.3) is 5.56 Å². The summed E-state index contributed by atoms with van der Waals surface area (Å²) < 4.78 is 6.83. The summed E-state index contributed by atoms with van der Waals surface area (Å²) in [6, 6.07) is 10.3. The largest absolute Gasteiger partial charge is 0.497 e. The highest BCUT2D eigenvalue weighted by molar-refractivity contribution is 5.42. The van der Waals surface area contributed by atoms with Gasteiger partial charge in [0.2, 0.25) is 0 Å². The summed E-state index contributed by atoms with van der Waals surface area (Å²) in [6.45, 7) is 6.87. The predicted molar refractivity (Wildman–Crippen MR) is 106 cm³/mol. The first-order valence-electron chi connectivity index (χ1n) is 9.55. The topological polar surface area (TPSA) is 62.6 Å². The van der Waals surface area contributed by atoms with Gasteiger partial charge in [-0.2, -0.15) is 0 Å². The molecule has 0 saturated carbocycles. The number of likely N-dealkylation sites (tertiary alicyclic amines) is 1. The number of nitrogens with zero attached hydrogens (tertiary/aromatic N) is 3. The van der Waals surface area contributed by atoms with Crippen LogP contribution in [-0.2, 0) is 13.0 Å². The van der Waals surface area contributed by atoms with E-state index < -0.39 is 0 Å². The molecule has 1 aliphatic rings. The summed E-state index contributed by atoms with van der Waals surface area (Å²) >= 11 is 0. The Labute approximate surface area is 158 Å². The fourth-order valence-corrected chi connectivity index (χ4v) is 4.02. The zero-order chi connectivity index (χ0) is 19.0. The Hall–Kier alpha value is -2.60. The molecule has 0 bridgehead atoms. The standard InChI is InChI=1S/C21H26N4O2/c1-4-18-14(2)22-20-11-19(23-25(20)21(18)26)16-9-10-24(13-16)12-15-5-7-17(27-3)8-6-15/h5-8,11,16,23H,4,9-10,12-13H2,1-3H3/t16-/m1/s1. The number of fused-ring (bicyclic) bond motifs is 1. The van der Waals surface area contributed by atoms with Gasteiger partial charge in [0.1, 0.15) is 5.75 Å². The van der Waals surface area contributed by atoms with Gasteiger partial charge in [0.05, 0.1) is 7.11 Å². The van der Waals surface area contributed by atoms with Crippen LogP contribution in [0.25, 0.3) is 5.65 Å². The summed E-state index contributed by atoms with van der Waals surface area (Å²) in [7, 11) is 1.69. The second kappa shape index (κ2) is 7.19. The Kier molecular flexibility index (Phi) is 4.74. The Bertz CT molecular complexity index is 1000. The molecule has 6 heteroatoms. The Balaban J connectivity index is 1.51. The molecule has 0 aliphatic carbocycles. The molecular weight excluding hydrogens is 340 g/mol. The molecule has 1 saturated heterocycles. The first-order chi connectivity index (χ1) is 13.1. The van der Waals surface area contributed by atoms with Gasteiger partial charge in [0.15, 0.2) is 5.65 Å². The molecule has 1 atom stereocenters. The minimum Gasteiger partial charge on any atom is -0.497 e. The van der Waals surface area contributed by atoms with Crippen LogP contribution in [0.3, 0.4) is 0 Å². The number of nitrogens with one attached hydrogen (secondary N) is 1. The van der Waals surface area contributed by atoms with Crippen molar-refractivity contribution in [1.29, 1.82) is 0 Å². The van der Waals surface area contributed by atoms with E-state index in [1.54, 1.807) is 11.6 Å². The number of hydrogen-bond donors (Lipinski definition) is 1. The van der Waals surface area contributed by atoms with Crippen LogP contribution in [0.1, 0.15) is 41.8 Å². The van der Waals surface area contributed by atoms with Crippen molar-refractivity contribution in [3.8, 4) is 5.75 Å². The number of benzene rings is 1. The smallest absolute Gasteiger partial charge is 0.276 e. The number of methoxy groups -OCH3 is 1. The lowest BCUT2D eigenvalue weighted by Gasteiger charge is -2.16. The zero-order valence-corrected chi connectivity index (χ0v) is 16.2. The van der Waals surface area contributed by atoms with Crippen LogP contribution in [0.15, 0.2) is 35.1 Å². The van der Waals surface area contributed by atoms with Gasteiger partial charge in [-0.25, -0.2) is 9.50 Å². The van der Waals surface area contributed by atoms with Crippen molar-refractivity contribution in [3.05, 3.63) is 63.2 Å². The van der Waals surface area contributed by atoms with Crippen molar-refractivity contribution in [2.75, 3.05) is 20.2 Å². The fourth-order valence-electron chi connectivity index (χ4n) is 4.02. The first-order valence-corrected chi connectivity index (χ1v) is 9.55. The predicted octanol–water partition coefficient (Wildman–Crippen LogP) is 2.89. The van der Waals surface area contributed by atoms with Gasteiger partial charge in [-0.3, -0.25) is 14.8 Å². The van der Waals surface area contributed by atoms with Gasteiger partial charge in [-0.1, -0.05) is 19.1 Å². The summed E-state index contributed by atoms with van der Waals surface area (Å²) in [5, 5.41) is 3.31. The average Bonchev–Trinajstić information content (AvgIpc) is 3.29. The van der Waals surface area contributed by atoms with E-state index in [4.69, 9.17) is 4.74 Å². The minimum atomic E-state index is 0.0272. The average molecular weight is 366 g/mol. The monoisotopic (exact) mass is 366 g/mol. The van der Waals surface area contributed by atoms with Gasteiger partial charge < -0.3 is 4.74 Å². The fraction of sp³-hybridized carbons (Fsp3) is 0.429. The normalized spacial score (nSPS) is 17.7. The van der Waals surface area contributed by atoms with Crippen molar-refractivity contribution in [3.63, 3.8) is 0 Å². The summed E-state index contributed by atoms with van der Waals surface area (Å²) in [5.41, 5.74) is 4.75. The molecular formula is C21H26N4O2. The van der Waals surface area contributed by atoms with Crippen LogP contribution >= 0.6 is 0 Å². The van der Waals surface area contributed by atoms with E-state index in [1.807, 2.05) is 32.0 Å². The molecule has 1 aliphatic heterocycles. The lowest BCUT2D eigenvalue weighted by Crippen LogP contribution is -2.21. The second-order valence-electron chi connectivity index (χ2n) is 7.31. The number of aromatic amines is 1. The van der Waals surface area contributed by atoms with Crippen LogP contribution in [0, 0.1) is 6.92 Å². The molecule has 142 valence electrons. The number of aromatic nitrogens is 3. The van der Waals surface area contributed by atoms with E-state index in [9.17, 15) is 4.79 Å². The molecule has 0 unspecified atom stereocenters. The van der Waals surface area contributed by atoms with Crippen molar-refractivity contribution < 1.29 is 4.74 Å². The van der Waals surface area contributed by atoms with E-state index in [0.29, 0.717) is 12.3 Å². The van der Waals surface area contributed by atoms with Gasteiger partial charge in [-0.05, 0) is 44.0 Å². The molecule has 1 aromatic carbocycles. The number of hydrogen-bond acceptors (Lipinski definition) is 4. The summed E-state index contributed by atoms with van der Waals surface area (Å²) in [5.74, 6) is 1.28.